The lowest BCUT2D eigenvalue weighted by Gasteiger charge is -2.14. The molecule has 1 aromatic rings. The van der Waals surface area contributed by atoms with Crippen molar-refractivity contribution >= 4 is 39.3 Å². The van der Waals surface area contributed by atoms with Gasteiger partial charge < -0.3 is 5.32 Å². The first-order valence-electron chi connectivity index (χ1n) is 7.67. The van der Waals surface area contributed by atoms with Gasteiger partial charge in [-0.25, -0.2) is 12.7 Å². The van der Waals surface area contributed by atoms with Gasteiger partial charge in [-0.15, -0.1) is 0 Å². The minimum atomic E-state index is -3.47. The third-order valence-electron chi connectivity index (χ3n) is 3.63. The van der Waals surface area contributed by atoms with Gasteiger partial charge in [-0.2, -0.15) is 5.10 Å². The fourth-order valence-electron chi connectivity index (χ4n) is 2.26. The number of nitrogens with zero attached hydrogens (tertiary/aromatic N) is 2. The van der Waals surface area contributed by atoms with E-state index in [4.69, 9.17) is 12.2 Å². The SMILES string of the molecule is CN(C)S(=O)(=O)c1cccc(NC(=S)N/N=C\[C@H]2CC=CCC2)c1. The summed E-state index contributed by atoms with van der Waals surface area (Å²) in [6, 6.07) is 6.50. The number of anilines is 1. The van der Waals surface area contributed by atoms with Crippen LogP contribution >= 0.6 is 12.2 Å². The number of nitrogens with one attached hydrogen (secondary N) is 2. The van der Waals surface area contributed by atoms with E-state index in [1.807, 2.05) is 6.21 Å². The second kappa shape index (κ2) is 8.36. The quantitative estimate of drug-likeness (QED) is 0.363. The van der Waals surface area contributed by atoms with Crippen molar-refractivity contribution < 1.29 is 8.42 Å². The summed E-state index contributed by atoms with van der Waals surface area (Å²) in [5.74, 6) is 0.430. The van der Waals surface area contributed by atoms with Crippen LogP contribution in [0.2, 0.25) is 0 Å². The van der Waals surface area contributed by atoms with Gasteiger partial charge in [0, 0.05) is 26.0 Å². The summed E-state index contributed by atoms with van der Waals surface area (Å²) in [7, 11) is -0.479. The van der Waals surface area contributed by atoms with E-state index in [0.29, 0.717) is 16.7 Å². The first kappa shape index (κ1) is 18.6. The lowest BCUT2D eigenvalue weighted by atomic mass is 9.96. The van der Waals surface area contributed by atoms with Crippen LogP contribution in [0.5, 0.6) is 0 Å². The molecule has 1 atom stereocenters. The van der Waals surface area contributed by atoms with Crippen molar-refractivity contribution in [2.45, 2.75) is 24.2 Å². The van der Waals surface area contributed by atoms with Gasteiger partial charge in [-0.05, 0) is 55.6 Å². The van der Waals surface area contributed by atoms with Gasteiger partial charge in [0.2, 0.25) is 10.0 Å². The van der Waals surface area contributed by atoms with E-state index >= 15 is 0 Å². The maximum Gasteiger partial charge on any atom is 0.242 e. The number of hydrogen-bond acceptors (Lipinski definition) is 4. The van der Waals surface area contributed by atoms with Crippen molar-refractivity contribution in [1.29, 1.82) is 0 Å². The van der Waals surface area contributed by atoms with Crippen LogP contribution < -0.4 is 10.7 Å². The predicted octanol–water partition coefficient (Wildman–Crippen LogP) is 2.57. The van der Waals surface area contributed by atoms with Gasteiger partial charge in [0.25, 0.3) is 0 Å². The van der Waals surface area contributed by atoms with Gasteiger partial charge in [0.15, 0.2) is 5.11 Å². The van der Waals surface area contributed by atoms with Crippen LogP contribution in [0.25, 0.3) is 0 Å². The highest BCUT2D eigenvalue weighted by Crippen LogP contribution is 2.18. The highest BCUT2D eigenvalue weighted by molar-refractivity contribution is 7.89. The normalized spacial score (nSPS) is 18.0. The van der Waals surface area contributed by atoms with Crippen LogP contribution in [0.3, 0.4) is 0 Å². The minimum absolute atomic E-state index is 0.206. The predicted molar refractivity (Wildman–Crippen MR) is 102 cm³/mol. The Balaban J connectivity index is 1.94. The number of rotatable bonds is 5. The first-order valence-corrected chi connectivity index (χ1v) is 9.52. The van der Waals surface area contributed by atoms with E-state index in [0.717, 1.165) is 19.3 Å². The second-order valence-electron chi connectivity index (χ2n) is 5.70. The Morgan fingerprint density at radius 1 is 1.38 bits per heavy atom. The zero-order valence-corrected chi connectivity index (χ0v) is 15.4. The Morgan fingerprint density at radius 2 is 2.17 bits per heavy atom. The monoisotopic (exact) mass is 366 g/mol. The summed E-state index contributed by atoms with van der Waals surface area (Å²) in [5, 5.41) is 7.41. The van der Waals surface area contributed by atoms with Crippen molar-refractivity contribution in [3.8, 4) is 0 Å². The highest BCUT2D eigenvalue weighted by Gasteiger charge is 2.17. The fourth-order valence-corrected chi connectivity index (χ4v) is 3.38. The second-order valence-corrected chi connectivity index (χ2v) is 8.26. The first-order chi connectivity index (χ1) is 11.4. The lowest BCUT2D eigenvalue weighted by Crippen LogP contribution is -2.25. The maximum atomic E-state index is 12.1. The molecule has 2 N–H and O–H groups in total. The van der Waals surface area contributed by atoms with E-state index in [1.165, 1.54) is 18.4 Å². The van der Waals surface area contributed by atoms with Crippen LogP contribution in [0.15, 0.2) is 46.4 Å². The van der Waals surface area contributed by atoms with Gasteiger partial charge >= 0.3 is 0 Å². The van der Waals surface area contributed by atoms with Gasteiger partial charge in [-0.3, -0.25) is 5.43 Å². The molecule has 0 aliphatic heterocycles. The largest absolute Gasteiger partial charge is 0.331 e. The molecule has 2 rings (SSSR count). The zero-order chi connectivity index (χ0) is 17.6. The molecule has 0 amide bonds. The Hall–Kier alpha value is -1.77. The molecule has 0 aromatic heterocycles. The molecule has 6 nitrogen and oxygen atoms in total. The number of thiocarbonyl (C=S) groups is 1. The van der Waals surface area contributed by atoms with Gasteiger partial charge in [-0.1, -0.05) is 18.2 Å². The molecule has 0 fully saturated rings. The molecule has 130 valence electrons. The molecule has 1 aliphatic carbocycles. The molecule has 0 saturated carbocycles. The molecule has 0 bridgehead atoms. The van der Waals surface area contributed by atoms with Crippen molar-refractivity contribution in [3.05, 3.63) is 36.4 Å². The Kier molecular flexibility index (Phi) is 6.47. The average molecular weight is 367 g/mol. The number of allylic oxidation sites excluding steroid dienone is 2. The molecule has 1 aromatic carbocycles. The van der Waals surface area contributed by atoms with Crippen molar-refractivity contribution in [2.75, 3.05) is 19.4 Å². The molecular formula is C16H22N4O2S2. The number of hydrazone groups is 1. The summed E-state index contributed by atoms with van der Waals surface area (Å²) in [6.45, 7) is 0. The third kappa shape index (κ3) is 5.12. The van der Waals surface area contributed by atoms with Crippen molar-refractivity contribution in [1.82, 2.24) is 9.73 Å². The number of sulfonamides is 1. The molecule has 0 saturated heterocycles. The van der Waals surface area contributed by atoms with Crippen LogP contribution in [-0.4, -0.2) is 38.1 Å². The molecule has 0 radical (unpaired) electrons. The molecule has 24 heavy (non-hydrogen) atoms. The lowest BCUT2D eigenvalue weighted by molar-refractivity contribution is 0.521. The van der Waals surface area contributed by atoms with Crippen LogP contribution in [0.1, 0.15) is 19.3 Å². The summed E-state index contributed by atoms with van der Waals surface area (Å²) in [4.78, 5) is 0.206. The third-order valence-corrected chi connectivity index (χ3v) is 5.64. The number of hydrogen-bond donors (Lipinski definition) is 2. The average Bonchev–Trinajstić information content (AvgIpc) is 2.56. The molecular weight excluding hydrogens is 344 g/mol. The van der Waals surface area contributed by atoms with E-state index in [9.17, 15) is 8.42 Å². The topological polar surface area (TPSA) is 73.8 Å². The highest BCUT2D eigenvalue weighted by atomic mass is 32.2. The van der Waals surface area contributed by atoms with Gasteiger partial charge in [0.1, 0.15) is 0 Å². The summed E-state index contributed by atoms with van der Waals surface area (Å²) >= 11 is 5.18. The molecule has 8 heteroatoms. The van der Waals surface area contributed by atoms with E-state index in [1.54, 1.807) is 24.3 Å². The van der Waals surface area contributed by atoms with Crippen LogP contribution in [0, 0.1) is 5.92 Å². The summed E-state index contributed by atoms with van der Waals surface area (Å²) in [6.07, 6.45) is 9.37. The van der Waals surface area contributed by atoms with Crippen molar-refractivity contribution in [3.63, 3.8) is 0 Å². The minimum Gasteiger partial charge on any atom is -0.331 e. The molecule has 0 spiro atoms. The summed E-state index contributed by atoms with van der Waals surface area (Å²) < 4.78 is 25.4. The Bertz CT molecular complexity index is 742. The molecule has 0 unspecified atom stereocenters. The Morgan fingerprint density at radius 3 is 2.83 bits per heavy atom. The smallest absolute Gasteiger partial charge is 0.242 e. The van der Waals surface area contributed by atoms with Crippen molar-refractivity contribution in [2.24, 2.45) is 11.0 Å². The molecule has 0 heterocycles. The Labute approximate surface area is 148 Å². The maximum absolute atomic E-state index is 12.1. The number of benzene rings is 1. The molecule has 1 aliphatic rings. The summed E-state index contributed by atoms with van der Waals surface area (Å²) in [5.41, 5.74) is 3.35. The van der Waals surface area contributed by atoms with Crippen LogP contribution in [0.4, 0.5) is 5.69 Å². The van der Waals surface area contributed by atoms with E-state index in [-0.39, 0.29) is 4.90 Å². The van der Waals surface area contributed by atoms with Crippen LogP contribution in [-0.2, 0) is 10.0 Å². The zero-order valence-electron chi connectivity index (χ0n) is 13.8. The van der Waals surface area contributed by atoms with E-state index in [2.05, 4.69) is 28.0 Å². The van der Waals surface area contributed by atoms with Gasteiger partial charge in [0.05, 0.1) is 4.90 Å². The standard InChI is InChI=1S/C16H22N4O2S2/c1-20(2)24(21,22)15-10-6-9-14(11-15)18-16(23)19-17-12-13-7-4-3-5-8-13/h3-4,6,9-13H,5,7-8H2,1-2H3,(H2,18,19,23)/b17-12-/t13-/m0/s1. The van der Waals surface area contributed by atoms with E-state index < -0.39 is 10.0 Å². The fraction of sp³-hybridized carbons (Fsp3) is 0.375.